The first kappa shape index (κ1) is 16.9. The van der Waals surface area contributed by atoms with Gasteiger partial charge in [0.15, 0.2) is 0 Å². The van der Waals surface area contributed by atoms with E-state index in [0.29, 0.717) is 18.8 Å². The molecule has 0 fully saturated rings. The Kier molecular flexibility index (Phi) is 5.30. The second-order valence-corrected chi connectivity index (χ2v) is 5.00. The smallest absolute Gasteiger partial charge is 0.271 e. The zero-order valence-corrected chi connectivity index (χ0v) is 12.1. The summed E-state index contributed by atoms with van der Waals surface area (Å²) < 4.78 is 39.0. The zero-order valence-electron chi connectivity index (χ0n) is 12.1. The fourth-order valence-corrected chi connectivity index (χ4v) is 2.23. The Balaban J connectivity index is 2.28. The van der Waals surface area contributed by atoms with Crippen LogP contribution in [0.25, 0.3) is 0 Å². The second kappa shape index (κ2) is 7.21. The van der Waals surface area contributed by atoms with Crippen LogP contribution in [0.3, 0.4) is 0 Å². The van der Waals surface area contributed by atoms with Gasteiger partial charge >= 0.3 is 6.18 Å². The molecule has 9 heteroatoms. The quantitative estimate of drug-likeness (QED) is 0.524. The first-order valence-electron chi connectivity index (χ1n) is 7.06. The number of halogens is 3. The van der Waals surface area contributed by atoms with Gasteiger partial charge in [-0.3, -0.25) is 20.5 Å². The lowest BCUT2D eigenvalue weighted by molar-refractivity contribution is -0.385. The first-order chi connectivity index (χ1) is 10.9. The minimum Gasteiger partial charge on any atom is -0.271 e. The van der Waals surface area contributed by atoms with Crippen molar-refractivity contribution in [1.29, 1.82) is 0 Å². The van der Waals surface area contributed by atoms with Crippen LogP contribution in [0.4, 0.5) is 18.9 Å². The van der Waals surface area contributed by atoms with Gasteiger partial charge in [0.25, 0.3) is 5.69 Å². The fraction of sp³-hybridized carbons (Fsp3) is 0.429. The van der Waals surface area contributed by atoms with Crippen LogP contribution >= 0.6 is 0 Å². The summed E-state index contributed by atoms with van der Waals surface area (Å²) in [4.78, 5) is 14.3. The zero-order chi connectivity index (χ0) is 16.9. The van der Waals surface area contributed by atoms with Crippen LogP contribution in [0.15, 0.2) is 28.3 Å². The molecule has 0 saturated heterocycles. The van der Waals surface area contributed by atoms with Crippen molar-refractivity contribution in [2.24, 2.45) is 10.1 Å². The molecule has 2 rings (SSSR count). The molecule has 1 aliphatic heterocycles. The average molecular weight is 328 g/mol. The minimum atomic E-state index is -4.70. The molecule has 0 atom stereocenters. The molecule has 124 valence electrons. The van der Waals surface area contributed by atoms with E-state index in [2.05, 4.69) is 15.5 Å². The molecule has 1 aromatic rings. The summed E-state index contributed by atoms with van der Waals surface area (Å²) in [5.74, 6) is 0.575. The van der Waals surface area contributed by atoms with Crippen LogP contribution in [0.1, 0.15) is 36.8 Å². The van der Waals surface area contributed by atoms with Gasteiger partial charge in [-0.2, -0.15) is 18.3 Å². The van der Waals surface area contributed by atoms with Gasteiger partial charge in [0.05, 0.1) is 22.3 Å². The van der Waals surface area contributed by atoms with Crippen molar-refractivity contribution in [2.75, 3.05) is 6.54 Å². The van der Waals surface area contributed by atoms with Crippen LogP contribution in [0, 0.1) is 10.1 Å². The van der Waals surface area contributed by atoms with E-state index in [1.807, 2.05) is 0 Å². The molecule has 0 radical (unpaired) electrons. The highest BCUT2D eigenvalue weighted by molar-refractivity contribution is 5.89. The highest BCUT2D eigenvalue weighted by Gasteiger charge is 2.36. The van der Waals surface area contributed by atoms with Gasteiger partial charge in [-0.15, -0.1) is 0 Å². The van der Waals surface area contributed by atoms with E-state index in [4.69, 9.17) is 0 Å². The van der Waals surface area contributed by atoms with E-state index < -0.39 is 27.9 Å². The van der Waals surface area contributed by atoms with Crippen LogP contribution in [0.5, 0.6) is 0 Å². The maximum atomic E-state index is 13.0. The topological polar surface area (TPSA) is 79.9 Å². The van der Waals surface area contributed by atoms with E-state index in [0.717, 1.165) is 43.7 Å². The second-order valence-electron chi connectivity index (χ2n) is 5.00. The van der Waals surface area contributed by atoms with E-state index in [1.165, 1.54) is 0 Å². The molecule has 0 aromatic heterocycles. The van der Waals surface area contributed by atoms with Crippen LogP contribution in [-0.2, 0) is 6.18 Å². The van der Waals surface area contributed by atoms with Crippen molar-refractivity contribution < 1.29 is 18.1 Å². The van der Waals surface area contributed by atoms with Crippen LogP contribution in [0.2, 0.25) is 0 Å². The van der Waals surface area contributed by atoms with E-state index in [9.17, 15) is 23.3 Å². The molecule has 1 aliphatic rings. The maximum absolute atomic E-state index is 13.0. The Morgan fingerprint density at radius 1 is 1.30 bits per heavy atom. The third-order valence-corrected chi connectivity index (χ3v) is 3.35. The number of hydrazone groups is 1. The molecule has 1 heterocycles. The lowest BCUT2D eigenvalue weighted by Crippen LogP contribution is -2.18. The molecule has 0 unspecified atom stereocenters. The lowest BCUT2D eigenvalue weighted by atomic mass is 10.1. The molecule has 1 N–H and O–H groups in total. The highest BCUT2D eigenvalue weighted by atomic mass is 19.4. The number of hydrogen-bond donors (Lipinski definition) is 1. The number of nitro groups is 1. The molecule has 0 amide bonds. The summed E-state index contributed by atoms with van der Waals surface area (Å²) in [6, 6.07) is 2.80. The molecular formula is C14H15F3N4O2. The van der Waals surface area contributed by atoms with Gasteiger partial charge in [-0.25, -0.2) is 0 Å². The Morgan fingerprint density at radius 2 is 2.09 bits per heavy atom. The number of hydrogen-bond acceptors (Lipinski definition) is 5. The Bertz CT molecular complexity index is 641. The third kappa shape index (κ3) is 4.51. The number of nitrogens with zero attached hydrogens (tertiary/aromatic N) is 3. The maximum Gasteiger partial charge on any atom is 0.417 e. The van der Waals surface area contributed by atoms with Crippen molar-refractivity contribution in [1.82, 2.24) is 5.43 Å². The number of nitrogens with one attached hydrogen (secondary N) is 1. The predicted octanol–water partition coefficient (Wildman–Crippen LogP) is 3.51. The highest BCUT2D eigenvalue weighted by Crippen LogP contribution is 2.34. The Morgan fingerprint density at radius 3 is 2.78 bits per heavy atom. The summed E-state index contributed by atoms with van der Waals surface area (Å²) in [6.07, 6.45) is -0.319. The summed E-state index contributed by atoms with van der Waals surface area (Å²) in [5, 5.41) is 14.7. The minimum absolute atomic E-state index is 0.575. The lowest BCUT2D eigenvalue weighted by Gasteiger charge is -2.10. The number of amidine groups is 1. The van der Waals surface area contributed by atoms with E-state index in [1.54, 1.807) is 0 Å². The Labute approximate surface area is 130 Å². The largest absolute Gasteiger partial charge is 0.417 e. The average Bonchev–Trinajstić information content (AvgIpc) is 2.75. The van der Waals surface area contributed by atoms with E-state index >= 15 is 0 Å². The summed E-state index contributed by atoms with van der Waals surface area (Å²) in [7, 11) is 0. The summed E-state index contributed by atoms with van der Waals surface area (Å²) in [5.41, 5.74) is 0.265. The standard InChI is InChI=1S/C14H15F3N4O2/c15-14(16,17)11-5-4-6-12(21(22)23)10(11)9-19-20-13-7-2-1-3-8-18-13/h4-6,9H,1-3,7-8H2,(H,18,20)/b19-9+. The fourth-order valence-electron chi connectivity index (χ4n) is 2.23. The number of aliphatic imine (C=N–C) groups is 1. The van der Waals surface area contributed by atoms with Crippen molar-refractivity contribution >= 4 is 17.7 Å². The van der Waals surface area contributed by atoms with Gasteiger partial charge in [-0.05, 0) is 18.9 Å². The first-order valence-corrected chi connectivity index (χ1v) is 7.06. The summed E-state index contributed by atoms with van der Waals surface area (Å²) >= 11 is 0. The molecule has 1 aromatic carbocycles. The monoisotopic (exact) mass is 328 g/mol. The Hall–Kier alpha value is -2.45. The molecule has 0 bridgehead atoms. The van der Waals surface area contributed by atoms with Crippen molar-refractivity contribution in [3.63, 3.8) is 0 Å². The number of alkyl halides is 3. The third-order valence-electron chi connectivity index (χ3n) is 3.35. The van der Waals surface area contributed by atoms with Crippen LogP contribution in [-0.4, -0.2) is 23.5 Å². The number of benzene rings is 1. The molecular weight excluding hydrogens is 313 g/mol. The summed E-state index contributed by atoms with van der Waals surface area (Å²) in [6.45, 7) is 0.636. The van der Waals surface area contributed by atoms with Crippen molar-refractivity contribution in [3.05, 3.63) is 39.4 Å². The molecule has 0 saturated carbocycles. The van der Waals surface area contributed by atoms with Crippen LogP contribution < -0.4 is 5.43 Å². The number of nitro benzene ring substituents is 1. The SMILES string of the molecule is O=[N+]([O-])c1cccc(C(F)(F)F)c1/C=N/NC1=NCCCCC1. The molecule has 23 heavy (non-hydrogen) atoms. The van der Waals surface area contributed by atoms with Crippen molar-refractivity contribution in [3.8, 4) is 0 Å². The molecule has 6 nitrogen and oxygen atoms in total. The van der Waals surface area contributed by atoms with Gasteiger partial charge in [-0.1, -0.05) is 12.5 Å². The van der Waals surface area contributed by atoms with Gasteiger partial charge in [0.1, 0.15) is 5.84 Å². The van der Waals surface area contributed by atoms with Gasteiger partial charge in [0.2, 0.25) is 0 Å². The van der Waals surface area contributed by atoms with Gasteiger partial charge in [0, 0.05) is 19.0 Å². The molecule has 0 aliphatic carbocycles. The van der Waals surface area contributed by atoms with Crippen molar-refractivity contribution in [2.45, 2.75) is 31.9 Å². The number of rotatable bonds is 3. The predicted molar refractivity (Wildman–Crippen MR) is 79.6 cm³/mol. The normalized spacial score (nSPS) is 16.0. The molecule has 0 spiro atoms. The van der Waals surface area contributed by atoms with E-state index in [-0.39, 0.29) is 0 Å². The van der Waals surface area contributed by atoms with Gasteiger partial charge < -0.3 is 0 Å².